The average Bonchev–Trinajstić information content (AvgIpc) is 2.64. The number of hydrogen-bond acceptors (Lipinski definition) is 4. The standard InChI is InChI=1S/C13H17N3O3/c1-13(9-4-3-5-10(8-9)19-2)11(17)16(7-6-14)12(18)15-13/h3-5,8H,6-7,14H2,1-2H3,(H,15,18). The molecule has 1 aliphatic heterocycles. The topological polar surface area (TPSA) is 84.7 Å². The van der Waals surface area contributed by atoms with Gasteiger partial charge in [0.25, 0.3) is 5.91 Å². The lowest BCUT2D eigenvalue weighted by Gasteiger charge is -2.22. The van der Waals surface area contributed by atoms with Gasteiger partial charge in [0.2, 0.25) is 0 Å². The molecule has 0 aliphatic carbocycles. The summed E-state index contributed by atoms with van der Waals surface area (Å²) in [4.78, 5) is 25.3. The molecular weight excluding hydrogens is 246 g/mol. The molecule has 0 aromatic heterocycles. The normalized spacial score (nSPS) is 22.6. The first-order valence-electron chi connectivity index (χ1n) is 6.01. The first-order valence-corrected chi connectivity index (χ1v) is 6.01. The largest absolute Gasteiger partial charge is 0.497 e. The lowest BCUT2D eigenvalue weighted by molar-refractivity contribution is -0.131. The van der Waals surface area contributed by atoms with E-state index in [9.17, 15) is 9.59 Å². The molecule has 0 spiro atoms. The first-order chi connectivity index (χ1) is 9.02. The summed E-state index contributed by atoms with van der Waals surface area (Å²) in [5.41, 5.74) is 5.03. The number of methoxy groups -OCH3 is 1. The minimum atomic E-state index is -1.07. The average molecular weight is 263 g/mol. The molecule has 1 aromatic carbocycles. The quantitative estimate of drug-likeness (QED) is 0.771. The summed E-state index contributed by atoms with van der Waals surface area (Å²) >= 11 is 0. The number of benzene rings is 1. The zero-order valence-corrected chi connectivity index (χ0v) is 11.0. The Morgan fingerprint density at radius 1 is 1.42 bits per heavy atom. The fraction of sp³-hybridized carbons (Fsp3) is 0.385. The van der Waals surface area contributed by atoms with E-state index in [0.717, 1.165) is 4.90 Å². The Morgan fingerprint density at radius 2 is 2.16 bits per heavy atom. The number of nitrogens with one attached hydrogen (secondary N) is 1. The summed E-state index contributed by atoms with van der Waals surface area (Å²) < 4.78 is 5.14. The van der Waals surface area contributed by atoms with Crippen LogP contribution in [-0.4, -0.2) is 37.0 Å². The highest BCUT2D eigenvalue weighted by atomic mass is 16.5. The number of nitrogens with zero attached hydrogens (tertiary/aromatic N) is 1. The van der Waals surface area contributed by atoms with E-state index in [1.54, 1.807) is 38.3 Å². The van der Waals surface area contributed by atoms with Gasteiger partial charge in [0.05, 0.1) is 7.11 Å². The maximum absolute atomic E-state index is 12.4. The highest BCUT2D eigenvalue weighted by Crippen LogP contribution is 2.30. The molecule has 1 atom stereocenters. The second-order valence-electron chi connectivity index (χ2n) is 4.53. The van der Waals surface area contributed by atoms with Gasteiger partial charge in [-0.3, -0.25) is 9.69 Å². The molecule has 1 aliphatic rings. The fourth-order valence-electron chi connectivity index (χ4n) is 2.16. The number of nitrogens with two attached hydrogens (primary N) is 1. The van der Waals surface area contributed by atoms with E-state index >= 15 is 0 Å². The molecule has 102 valence electrons. The maximum atomic E-state index is 12.4. The molecule has 3 N–H and O–H groups in total. The molecule has 1 fully saturated rings. The van der Waals surface area contributed by atoms with E-state index in [-0.39, 0.29) is 19.0 Å². The van der Waals surface area contributed by atoms with Crippen LogP contribution in [0.4, 0.5) is 4.79 Å². The third kappa shape index (κ3) is 2.15. The molecule has 1 aromatic rings. The molecular formula is C13H17N3O3. The van der Waals surface area contributed by atoms with Crippen molar-refractivity contribution in [1.82, 2.24) is 10.2 Å². The Labute approximate surface area is 111 Å². The van der Waals surface area contributed by atoms with E-state index in [1.807, 2.05) is 0 Å². The highest BCUT2D eigenvalue weighted by Gasteiger charge is 2.48. The predicted octanol–water partition coefficient (Wildman–Crippen LogP) is 0.421. The van der Waals surface area contributed by atoms with Crippen LogP contribution in [0.15, 0.2) is 24.3 Å². The van der Waals surface area contributed by atoms with Gasteiger partial charge in [-0.15, -0.1) is 0 Å². The first kappa shape index (κ1) is 13.4. The second-order valence-corrected chi connectivity index (χ2v) is 4.53. The van der Waals surface area contributed by atoms with Crippen molar-refractivity contribution >= 4 is 11.9 Å². The number of imide groups is 1. The van der Waals surface area contributed by atoms with Gasteiger partial charge in [-0.05, 0) is 24.6 Å². The molecule has 0 saturated carbocycles. The van der Waals surface area contributed by atoms with E-state index in [2.05, 4.69) is 5.32 Å². The Morgan fingerprint density at radius 3 is 2.79 bits per heavy atom. The van der Waals surface area contributed by atoms with Crippen molar-refractivity contribution in [3.8, 4) is 5.75 Å². The third-order valence-corrected chi connectivity index (χ3v) is 3.27. The molecule has 6 nitrogen and oxygen atoms in total. The number of carbonyl (C=O) groups is 2. The van der Waals surface area contributed by atoms with Crippen molar-refractivity contribution in [3.05, 3.63) is 29.8 Å². The van der Waals surface area contributed by atoms with Crippen LogP contribution in [0.1, 0.15) is 12.5 Å². The molecule has 0 radical (unpaired) electrons. The van der Waals surface area contributed by atoms with E-state index in [4.69, 9.17) is 10.5 Å². The molecule has 6 heteroatoms. The molecule has 1 unspecified atom stereocenters. The van der Waals surface area contributed by atoms with Crippen LogP contribution in [0.2, 0.25) is 0 Å². The van der Waals surface area contributed by atoms with E-state index in [1.165, 1.54) is 0 Å². The molecule has 19 heavy (non-hydrogen) atoms. The number of ether oxygens (including phenoxy) is 1. The van der Waals surface area contributed by atoms with Gasteiger partial charge >= 0.3 is 6.03 Å². The molecule has 3 amide bonds. The lowest BCUT2D eigenvalue weighted by atomic mass is 9.92. The fourth-order valence-corrected chi connectivity index (χ4v) is 2.16. The van der Waals surface area contributed by atoms with Crippen LogP contribution in [0, 0.1) is 0 Å². The summed E-state index contributed by atoms with van der Waals surface area (Å²) in [6, 6.07) is 6.67. The van der Waals surface area contributed by atoms with Crippen LogP contribution in [0.25, 0.3) is 0 Å². The Balaban J connectivity index is 2.37. The molecule has 1 saturated heterocycles. The van der Waals surface area contributed by atoms with Gasteiger partial charge in [0, 0.05) is 13.1 Å². The smallest absolute Gasteiger partial charge is 0.325 e. The Bertz CT molecular complexity index is 518. The van der Waals surface area contributed by atoms with Crippen molar-refractivity contribution < 1.29 is 14.3 Å². The van der Waals surface area contributed by atoms with Crippen LogP contribution in [0.5, 0.6) is 5.75 Å². The van der Waals surface area contributed by atoms with Crippen LogP contribution in [0.3, 0.4) is 0 Å². The summed E-state index contributed by atoms with van der Waals surface area (Å²) in [6.45, 7) is 2.14. The van der Waals surface area contributed by atoms with Gasteiger partial charge in [0.15, 0.2) is 0 Å². The summed E-state index contributed by atoms with van der Waals surface area (Å²) in [5.74, 6) is 0.342. The number of carbonyl (C=O) groups excluding carboxylic acids is 2. The van der Waals surface area contributed by atoms with E-state index < -0.39 is 11.6 Å². The summed E-state index contributed by atoms with van der Waals surface area (Å²) in [5, 5.41) is 2.71. The Hall–Kier alpha value is -2.08. The third-order valence-electron chi connectivity index (χ3n) is 3.27. The molecule has 2 rings (SSSR count). The predicted molar refractivity (Wildman–Crippen MR) is 69.6 cm³/mol. The van der Waals surface area contributed by atoms with Gasteiger partial charge in [-0.2, -0.15) is 0 Å². The van der Waals surface area contributed by atoms with Crippen LogP contribution in [-0.2, 0) is 10.3 Å². The molecule has 1 heterocycles. The van der Waals surface area contributed by atoms with E-state index in [0.29, 0.717) is 11.3 Å². The van der Waals surface area contributed by atoms with Gasteiger partial charge in [0.1, 0.15) is 11.3 Å². The minimum Gasteiger partial charge on any atom is -0.497 e. The maximum Gasteiger partial charge on any atom is 0.325 e. The monoisotopic (exact) mass is 263 g/mol. The SMILES string of the molecule is COc1cccc(C2(C)NC(=O)N(CCN)C2=O)c1. The van der Waals surface area contributed by atoms with Crippen molar-refractivity contribution in [2.75, 3.05) is 20.2 Å². The Kier molecular flexibility index (Phi) is 3.44. The number of rotatable bonds is 4. The number of hydrogen-bond donors (Lipinski definition) is 2. The zero-order chi connectivity index (χ0) is 14.0. The number of amides is 3. The minimum absolute atomic E-state index is 0.213. The van der Waals surface area contributed by atoms with Gasteiger partial charge in [-0.1, -0.05) is 12.1 Å². The lowest BCUT2D eigenvalue weighted by Crippen LogP contribution is -2.41. The molecule has 0 bridgehead atoms. The van der Waals surface area contributed by atoms with Crippen molar-refractivity contribution in [3.63, 3.8) is 0 Å². The van der Waals surface area contributed by atoms with Gasteiger partial charge < -0.3 is 15.8 Å². The summed E-state index contributed by atoms with van der Waals surface area (Å²) in [6.07, 6.45) is 0. The van der Waals surface area contributed by atoms with Crippen molar-refractivity contribution in [1.29, 1.82) is 0 Å². The zero-order valence-electron chi connectivity index (χ0n) is 11.0. The van der Waals surface area contributed by atoms with Crippen LogP contribution < -0.4 is 15.8 Å². The summed E-state index contributed by atoms with van der Waals surface area (Å²) in [7, 11) is 1.55. The van der Waals surface area contributed by atoms with Crippen molar-refractivity contribution in [2.24, 2.45) is 5.73 Å². The van der Waals surface area contributed by atoms with Crippen LogP contribution >= 0.6 is 0 Å². The second kappa shape index (κ2) is 4.89. The van der Waals surface area contributed by atoms with Gasteiger partial charge in [-0.25, -0.2) is 4.79 Å². The number of urea groups is 1. The highest BCUT2D eigenvalue weighted by molar-refractivity contribution is 6.07. The van der Waals surface area contributed by atoms with Crippen molar-refractivity contribution in [2.45, 2.75) is 12.5 Å².